The molecule has 6 heteroatoms. The molecule has 1 aliphatic rings. The summed E-state index contributed by atoms with van der Waals surface area (Å²) in [5.41, 5.74) is 0.683. The van der Waals surface area contributed by atoms with Gasteiger partial charge in [0.25, 0.3) is 5.91 Å². The maximum atomic E-state index is 12.5. The normalized spacial score (nSPS) is 15.5. The van der Waals surface area contributed by atoms with Gasteiger partial charge in [-0.25, -0.2) is 0 Å². The van der Waals surface area contributed by atoms with Crippen molar-refractivity contribution in [2.24, 2.45) is 0 Å². The second-order valence-corrected chi connectivity index (χ2v) is 6.19. The minimum atomic E-state index is 0.0266. The smallest absolute Gasteiger partial charge is 0.253 e. The fourth-order valence-corrected chi connectivity index (χ4v) is 2.76. The van der Waals surface area contributed by atoms with E-state index in [2.05, 4.69) is 15.9 Å². The Morgan fingerprint density at radius 3 is 2.41 bits per heavy atom. The van der Waals surface area contributed by atoms with E-state index >= 15 is 0 Å². The minimum Gasteiger partial charge on any atom is -0.384 e. The zero-order valence-corrected chi connectivity index (χ0v) is 14.3. The predicted molar refractivity (Wildman–Crippen MR) is 87.7 cm³/mol. The SMILES string of the molecule is COCCC(=O)N1CCCN(C(=O)c2ccc(Br)cc2)CC1. The first kappa shape index (κ1) is 17.0. The zero-order valence-electron chi connectivity index (χ0n) is 12.8. The van der Waals surface area contributed by atoms with Gasteiger partial charge in [0.05, 0.1) is 13.0 Å². The van der Waals surface area contributed by atoms with Gasteiger partial charge in [-0.2, -0.15) is 0 Å². The van der Waals surface area contributed by atoms with E-state index in [4.69, 9.17) is 4.74 Å². The van der Waals surface area contributed by atoms with Crippen LogP contribution in [0.3, 0.4) is 0 Å². The van der Waals surface area contributed by atoms with Crippen molar-refractivity contribution >= 4 is 27.7 Å². The van der Waals surface area contributed by atoms with Crippen molar-refractivity contribution in [1.29, 1.82) is 0 Å². The largest absolute Gasteiger partial charge is 0.384 e. The average Bonchev–Trinajstić information content (AvgIpc) is 2.78. The van der Waals surface area contributed by atoms with Gasteiger partial charge in [-0.3, -0.25) is 9.59 Å². The van der Waals surface area contributed by atoms with Gasteiger partial charge < -0.3 is 14.5 Å². The summed E-state index contributed by atoms with van der Waals surface area (Å²) in [5.74, 6) is 0.124. The van der Waals surface area contributed by atoms with Crippen LogP contribution in [0.5, 0.6) is 0 Å². The van der Waals surface area contributed by atoms with Crippen molar-refractivity contribution in [3.8, 4) is 0 Å². The molecule has 1 aromatic carbocycles. The number of methoxy groups -OCH3 is 1. The number of amides is 2. The molecule has 2 amide bonds. The topological polar surface area (TPSA) is 49.9 Å². The van der Waals surface area contributed by atoms with Crippen LogP contribution in [0.25, 0.3) is 0 Å². The summed E-state index contributed by atoms with van der Waals surface area (Å²) in [6, 6.07) is 7.37. The number of carbonyl (C=O) groups is 2. The van der Waals surface area contributed by atoms with Crippen LogP contribution >= 0.6 is 15.9 Å². The lowest BCUT2D eigenvalue weighted by Gasteiger charge is -2.22. The fraction of sp³-hybridized carbons (Fsp3) is 0.500. The highest BCUT2D eigenvalue weighted by Gasteiger charge is 2.22. The molecule has 0 saturated carbocycles. The molecule has 1 saturated heterocycles. The van der Waals surface area contributed by atoms with E-state index in [-0.39, 0.29) is 11.8 Å². The Morgan fingerprint density at radius 1 is 1.09 bits per heavy atom. The number of benzene rings is 1. The standard InChI is InChI=1S/C16H21BrN2O3/c1-22-12-7-15(20)18-8-2-9-19(11-10-18)16(21)13-3-5-14(17)6-4-13/h3-6H,2,7-12H2,1H3. The summed E-state index contributed by atoms with van der Waals surface area (Å²) < 4.78 is 5.90. The summed E-state index contributed by atoms with van der Waals surface area (Å²) in [6.07, 6.45) is 1.21. The van der Waals surface area contributed by atoms with E-state index in [0.717, 1.165) is 10.9 Å². The molecule has 0 bridgehead atoms. The molecule has 0 N–H and O–H groups in total. The molecule has 120 valence electrons. The van der Waals surface area contributed by atoms with E-state index in [1.807, 2.05) is 34.1 Å². The molecular formula is C16H21BrN2O3. The van der Waals surface area contributed by atoms with Crippen molar-refractivity contribution in [3.05, 3.63) is 34.3 Å². The monoisotopic (exact) mass is 368 g/mol. The Hall–Kier alpha value is -1.40. The van der Waals surface area contributed by atoms with Crippen molar-refractivity contribution in [1.82, 2.24) is 9.80 Å². The summed E-state index contributed by atoms with van der Waals surface area (Å²) >= 11 is 3.37. The molecule has 0 unspecified atom stereocenters. The summed E-state index contributed by atoms with van der Waals surface area (Å²) in [7, 11) is 1.59. The van der Waals surface area contributed by atoms with Crippen LogP contribution < -0.4 is 0 Å². The van der Waals surface area contributed by atoms with E-state index in [0.29, 0.717) is 44.8 Å². The number of nitrogens with zero attached hydrogens (tertiary/aromatic N) is 2. The van der Waals surface area contributed by atoms with Gasteiger partial charge >= 0.3 is 0 Å². The molecule has 0 aromatic heterocycles. The third-order valence-electron chi connectivity index (χ3n) is 3.75. The molecule has 0 spiro atoms. The van der Waals surface area contributed by atoms with Gasteiger partial charge in [0.15, 0.2) is 0 Å². The van der Waals surface area contributed by atoms with Crippen molar-refractivity contribution < 1.29 is 14.3 Å². The highest BCUT2D eigenvalue weighted by atomic mass is 79.9. The predicted octanol–water partition coefficient (Wildman–Crippen LogP) is 2.16. The molecular weight excluding hydrogens is 348 g/mol. The Labute approximate surface area is 139 Å². The van der Waals surface area contributed by atoms with Gasteiger partial charge in [-0.05, 0) is 30.7 Å². The molecule has 5 nitrogen and oxygen atoms in total. The van der Waals surface area contributed by atoms with Crippen molar-refractivity contribution in [3.63, 3.8) is 0 Å². The first-order chi connectivity index (χ1) is 10.6. The van der Waals surface area contributed by atoms with Gasteiger partial charge in [0.2, 0.25) is 5.91 Å². The Morgan fingerprint density at radius 2 is 1.73 bits per heavy atom. The van der Waals surface area contributed by atoms with Crippen LogP contribution in [0.1, 0.15) is 23.2 Å². The fourth-order valence-electron chi connectivity index (χ4n) is 2.49. The number of halogens is 1. The zero-order chi connectivity index (χ0) is 15.9. The molecule has 22 heavy (non-hydrogen) atoms. The van der Waals surface area contributed by atoms with Crippen LogP contribution in [0, 0.1) is 0 Å². The van der Waals surface area contributed by atoms with E-state index < -0.39 is 0 Å². The van der Waals surface area contributed by atoms with Gasteiger partial charge in [0.1, 0.15) is 0 Å². The molecule has 0 aliphatic carbocycles. The van der Waals surface area contributed by atoms with Crippen LogP contribution in [-0.4, -0.2) is 61.5 Å². The van der Waals surface area contributed by atoms with Crippen molar-refractivity contribution in [2.45, 2.75) is 12.8 Å². The number of ether oxygens (including phenoxy) is 1. The lowest BCUT2D eigenvalue weighted by molar-refractivity contribution is -0.132. The van der Waals surface area contributed by atoms with Crippen LogP contribution in [-0.2, 0) is 9.53 Å². The Balaban J connectivity index is 1.93. The minimum absolute atomic E-state index is 0.0266. The maximum Gasteiger partial charge on any atom is 0.253 e. The van der Waals surface area contributed by atoms with E-state index in [1.165, 1.54) is 0 Å². The lowest BCUT2D eigenvalue weighted by atomic mass is 10.2. The number of hydrogen-bond acceptors (Lipinski definition) is 3. The second-order valence-electron chi connectivity index (χ2n) is 5.28. The first-order valence-electron chi connectivity index (χ1n) is 7.43. The average molecular weight is 369 g/mol. The number of carbonyl (C=O) groups excluding carboxylic acids is 2. The summed E-state index contributed by atoms with van der Waals surface area (Å²) in [5, 5.41) is 0. The maximum absolute atomic E-state index is 12.5. The lowest BCUT2D eigenvalue weighted by Crippen LogP contribution is -2.37. The number of rotatable bonds is 4. The summed E-state index contributed by atoms with van der Waals surface area (Å²) in [6.45, 7) is 2.99. The Kier molecular flexibility index (Phi) is 6.39. The molecule has 0 atom stereocenters. The molecule has 1 aliphatic heterocycles. The molecule has 0 radical (unpaired) electrons. The van der Waals surface area contributed by atoms with Crippen LogP contribution in [0.15, 0.2) is 28.7 Å². The highest BCUT2D eigenvalue weighted by Crippen LogP contribution is 2.14. The quantitative estimate of drug-likeness (QED) is 0.817. The second kappa shape index (κ2) is 8.29. The van der Waals surface area contributed by atoms with Gasteiger partial charge in [-0.15, -0.1) is 0 Å². The molecule has 1 aromatic rings. The molecule has 1 heterocycles. The van der Waals surface area contributed by atoms with E-state index in [9.17, 15) is 9.59 Å². The molecule has 1 fully saturated rings. The van der Waals surface area contributed by atoms with Crippen LogP contribution in [0.4, 0.5) is 0 Å². The highest BCUT2D eigenvalue weighted by molar-refractivity contribution is 9.10. The van der Waals surface area contributed by atoms with Gasteiger partial charge in [0, 0.05) is 43.3 Å². The first-order valence-corrected chi connectivity index (χ1v) is 8.22. The van der Waals surface area contributed by atoms with Crippen LogP contribution in [0.2, 0.25) is 0 Å². The van der Waals surface area contributed by atoms with E-state index in [1.54, 1.807) is 7.11 Å². The summed E-state index contributed by atoms with van der Waals surface area (Å²) in [4.78, 5) is 28.2. The third-order valence-corrected chi connectivity index (χ3v) is 4.28. The Bertz CT molecular complexity index is 519. The van der Waals surface area contributed by atoms with Gasteiger partial charge in [-0.1, -0.05) is 15.9 Å². The molecule has 2 rings (SSSR count). The third kappa shape index (κ3) is 4.55. The number of hydrogen-bond donors (Lipinski definition) is 0. The van der Waals surface area contributed by atoms with Crippen molar-refractivity contribution in [2.75, 3.05) is 39.9 Å².